The fourth-order valence-electron chi connectivity index (χ4n) is 4.08. The van der Waals surface area contributed by atoms with Gasteiger partial charge in [-0.25, -0.2) is 0 Å². The molecule has 0 aliphatic carbocycles. The molecule has 0 bridgehead atoms. The Morgan fingerprint density at radius 1 is 0.897 bits per heavy atom. The highest BCUT2D eigenvalue weighted by Crippen LogP contribution is 2.38. The van der Waals surface area contributed by atoms with Crippen molar-refractivity contribution < 1.29 is 19.0 Å². The van der Waals surface area contributed by atoms with Crippen LogP contribution in [-0.4, -0.2) is 33.3 Å². The van der Waals surface area contributed by atoms with E-state index in [1.807, 2.05) is 60.7 Å². The van der Waals surface area contributed by atoms with Gasteiger partial charge >= 0.3 is 0 Å². The summed E-state index contributed by atoms with van der Waals surface area (Å²) in [7, 11) is 3.29. The number of hydrogen-bond donors (Lipinski definition) is 1. The van der Waals surface area contributed by atoms with Gasteiger partial charge in [0.1, 0.15) is 11.5 Å². The van der Waals surface area contributed by atoms with Crippen LogP contribution in [0.4, 0.5) is 5.69 Å². The molecule has 0 aromatic heterocycles. The second kappa shape index (κ2) is 8.13. The Hall–Kier alpha value is -3.05. The van der Waals surface area contributed by atoms with Gasteiger partial charge in [-0.05, 0) is 42.7 Å². The molecule has 1 aliphatic heterocycles. The van der Waals surface area contributed by atoms with E-state index in [0.29, 0.717) is 26.1 Å². The minimum atomic E-state index is -0.633. The molecule has 1 heterocycles. The van der Waals surface area contributed by atoms with Crippen molar-refractivity contribution in [1.29, 1.82) is 0 Å². The van der Waals surface area contributed by atoms with Crippen molar-refractivity contribution in [3.63, 3.8) is 0 Å². The summed E-state index contributed by atoms with van der Waals surface area (Å²) in [6, 6.07) is 19.5. The van der Waals surface area contributed by atoms with Crippen LogP contribution >= 0.6 is 0 Å². The Kier molecular flexibility index (Phi) is 5.41. The third-order valence-corrected chi connectivity index (χ3v) is 5.78. The van der Waals surface area contributed by atoms with E-state index in [1.165, 1.54) is 0 Å². The molecule has 3 aromatic carbocycles. The highest BCUT2D eigenvalue weighted by molar-refractivity contribution is 6.07. The molecule has 0 unspecified atom stereocenters. The zero-order chi connectivity index (χ0) is 20.3. The number of hydrogen-bond acceptors (Lipinski definition) is 4. The van der Waals surface area contributed by atoms with Gasteiger partial charge in [-0.2, -0.15) is 0 Å². The van der Waals surface area contributed by atoms with Crippen molar-refractivity contribution in [1.82, 2.24) is 0 Å². The summed E-state index contributed by atoms with van der Waals surface area (Å²) in [6.07, 6.45) is 1.28. The van der Waals surface area contributed by atoms with E-state index in [2.05, 4.69) is 5.32 Å². The van der Waals surface area contributed by atoms with Crippen LogP contribution in [-0.2, 0) is 14.9 Å². The first-order valence-electron chi connectivity index (χ1n) is 9.77. The molecule has 0 spiro atoms. The Morgan fingerprint density at radius 2 is 1.59 bits per heavy atom. The van der Waals surface area contributed by atoms with E-state index < -0.39 is 5.41 Å². The fourth-order valence-corrected chi connectivity index (χ4v) is 4.08. The highest BCUT2D eigenvalue weighted by Gasteiger charge is 2.42. The summed E-state index contributed by atoms with van der Waals surface area (Å²) >= 11 is 0. The smallest absolute Gasteiger partial charge is 0.235 e. The monoisotopic (exact) mass is 391 g/mol. The van der Waals surface area contributed by atoms with Gasteiger partial charge in [0.25, 0.3) is 0 Å². The number of ether oxygens (including phenoxy) is 3. The maximum Gasteiger partial charge on any atom is 0.235 e. The normalized spacial score (nSPS) is 15.7. The number of anilines is 1. The van der Waals surface area contributed by atoms with Gasteiger partial charge in [-0.3, -0.25) is 4.79 Å². The first-order chi connectivity index (χ1) is 14.2. The van der Waals surface area contributed by atoms with Gasteiger partial charge in [0.05, 0.1) is 19.6 Å². The molecule has 5 nitrogen and oxygen atoms in total. The molecule has 1 fully saturated rings. The number of amides is 1. The third kappa shape index (κ3) is 3.54. The molecule has 0 radical (unpaired) electrons. The van der Waals surface area contributed by atoms with Gasteiger partial charge in [0.15, 0.2) is 0 Å². The lowest BCUT2D eigenvalue weighted by Crippen LogP contribution is -2.44. The summed E-state index contributed by atoms with van der Waals surface area (Å²) in [5.41, 5.74) is 1.13. The SMILES string of the molecule is COc1ccc(C2(C(=O)Nc3ccc(OC)c4ccccc34)CCOCC2)cc1. The molecule has 29 heavy (non-hydrogen) atoms. The Balaban J connectivity index is 1.72. The Labute approximate surface area is 170 Å². The van der Waals surface area contributed by atoms with E-state index in [1.54, 1.807) is 14.2 Å². The minimum absolute atomic E-state index is 0.0127. The van der Waals surface area contributed by atoms with Crippen LogP contribution in [0.1, 0.15) is 18.4 Å². The van der Waals surface area contributed by atoms with E-state index in [4.69, 9.17) is 14.2 Å². The molecule has 0 saturated carbocycles. The summed E-state index contributed by atoms with van der Waals surface area (Å²) in [4.78, 5) is 13.6. The first-order valence-corrected chi connectivity index (χ1v) is 9.77. The van der Waals surface area contributed by atoms with Crippen molar-refractivity contribution in [3.8, 4) is 11.5 Å². The molecule has 5 heteroatoms. The van der Waals surface area contributed by atoms with Crippen LogP contribution < -0.4 is 14.8 Å². The summed E-state index contributed by atoms with van der Waals surface area (Å²) in [6.45, 7) is 1.12. The van der Waals surface area contributed by atoms with Crippen LogP contribution in [0, 0.1) is 0 Å². The molecule has 0 atom stereocenters. The fraction of sp³-hybridized carbons (Fsp3) is 0.292. The number of benzene rings is 3. The molecule has 1 N–H and O–H groups in total. The van der Waals surface area contributed by atoms with Gasteiger partial charge in [-0.1, -0.05) is 36.4 Å². The molecule has 1 amide bonds. The molecule has 1 aliphatic rings. The highest BCUT2D eigenvalue weighted by atomic mass is 16.5. The lowest BCUT2D eigenvalue weighted by atomic mass is 9.73. The predicted molar refractivity (Wildman–Crippen MR) is 114 cm³/mol. The summed E-state index contributed by atoms with van der Waals surface area (Å²) in [5, 5.41) is 5.12. The Bertz CT molecular complexity index is 1010. The summed E-state index contributed by atoms with van der Waals surface area (Å²) < 4.78 is 16.3. The average molecular weight is 391 g/mol. The molecule has 3 aromatic rings. The largest absolute Gasteiger partial charge is 0.497 e. The van der Waals surface area contributed by atoms with Gasteiger partial charge < -0.3 is 19.5 Å². The van der Waals surface area contributed by atoms with Crippen molar-refractivity contribution in [2.24, 2.45) is 0 Å². The van der Waals surface area contributed by atoms with E-state index in [0.717, 1.165) is 33.5 Å². The van der Waals surface area contributed by atoms with Crippen LogP contribution in [0.2, 0.25) is 0 Å². The molecular formula is C24H25NO4. The maximum absolute atomic E-state index is 13.6. The number of carbonyl (C=O) groups excluding carboxylic acids is 1. The first kappa shape index (κ1) is 19.3. The molecule has 1 saturated heterocycles. The second-order valence-electron chi connectivity index (χ2n) is 7.24. The lowest BCUT2D eigenvalue weighted by Gasteiger charge is -2.36. The molecule has 4 rings (SSSR count). The van der Waals surface area contributed by atoms with E-state index in [-0.39, 0.29) is 5.91 Å². The topological polar surface area (TPSA) is 56.8 Å². The summed E-state index contributed by atoms with van der Waals surface area (Å²) in [5.74, 6) is 1.55. The van der Waals surface area contributed by atoms with Gasteiger partial charge in [-0.15, -0.1) is 0 Å². The van der Waals surface area contributed by atoms with E-state index >= 15 is 0 Å². The van der Waals surface area contributed by atoms with Crippen molar-refractivity contribution in [3.05, 3.63) is 66.2 Å². The standard InChI is InChI=1S/C24H25NO4/c1-27-18-9-7-17(8-10-18)24(13-15-29-16-14-24)23(26)25-21-11-12-22(28-2)20-6-4-3-5-19(20)21/h3-12H,13-16H2,1-2H3,(H,25,26). The predicted octanol–water partition coefficient (Wildman–Crippen LogP) is 4.54. The Morgan fingerprint density at radius 3 is 2.24 bits per heavy atom. The van der Waals surface area contributed by atoms with Crippen molar-refractivity contribution in [2.75, 3.05) is 32.8 Å². The minimum Gasteiger partial charge on any atom is -0.497 e. The second-order valence-corrected chi connectivity index (χ2v) is 7.24. The number of rotatable bonds is 5. The third-order valence-electron chi connectivity index (χ3n) is 5.78. The number of carbonyl (C=O) groups is 1. The zero-order valence-corrected chi connectivity index (χ0v) is 16.7. The molecule has 150 valence electrons. The van der Waals surface area contributed by atoms with Crippen LogP contribution in [0.25, 0.3) is 10.8 Å². The van der Waals surface area contributed by atoms with E-state index in [9.17, 15) is 4.79 Å². The van der Waals surface area contributed by atoms with Crippen molar-refractivity contribution >= 4 is 22.4 Å². The maximum atomic E-state index is 13.6. The van der Waals surface area contributed by atoms with Crippen molar-refractivity contribution in [2.45, 2.75) is 18.3 Å². The number of nitrogens with one attached hydrogen (secondary N) is 1. The quantitative estimate of drug-likeness (QED) is 0.694. The van der Waals surface area contributed by atoms with Crippen LogP contribution in [0.3, 0.4) is 0 Å². The van der Waals surface area contributed by atoms with Gasteiger partial charge in [0, 0.05) is 29.7 Å². The number of fused-ring (bicyclic) bond motifs is 1. The van der Waals surface area contributed by atoms with Crippen LogP contribution in [0.5, 0.6) is 11.5 Å². The lowest BCUT2D eigenvalue weighted by molar-refractivity contribution is -0.125. The van der Waals surface area contributed by atoms with Gasteiger partial charge in [0.2, 0.25) is 5.91 Å². The zero-order valence-electron chi connectivity index (χ0n) is 16.7. The average Bonchev–Trinajstić information content (AvgIpc) is 2.79. The molecular weight excluding hydrogens is 366 g/mol. The number of methoxy groups -OCH3 is 2. The van der Waals surface area contributed by atoms with Crippen LogP contribution in [0.15, 0.2) is 60.7 Å².